The summed E-state index contributed by atoms with van der Waals surface area (Å²) in [5, 5.41) is 0. The number of allylic oxidation sites excluding steroid dienone is 2. The van der Waals surface area contributed by atoms with Crippen LogP contribution in [0.1, 0.15) is 30.9 Å². The van der Waals surface area contributed by atoms with Crippen LogP contribution < -0.4 is 0 Å². The van der Waals surface area contributed by atoms with Gasteiger partial charge in [-0.2, -0.15) is 0 Å². The van der Waals surface area contributed by atoms with E-state index in [-0.39, 0.29) is 0 Å². The van der Waals surface area contributed by atoms with Crippen LogP contribution in [-0.2, 0) is 0 Å². The number of aryl methyl sites for hydroxylation is 1. The highest BCUT2D eigenvalue weighted by atomic mass is 14.2. The molecule has 1 aromatic carbocycles. The molecule has 0 fully saturated rings. The second-order valence-corrected chi connectivity index (χ2v) is 4.01. The summed E-state index contributed by atoms with van der Waals surface area (Å²) >= 11 is 0. The quantitative estimate of drug-likeness (QED) is 0.604. The SMILES string of the molecule is Cc1cccc(C2=CCCC2C)c1. The molecule has 1 aromatic rings. The van der Waals surface area contributed by atoms with Gasteiger partial charge in [0.2, 0.25) is 0 Å². The van der Waals surface area contributed by atoms with Crippen molar-refractivity contribution in [3.8, 4) is 0 Å². The zero-order chi connectivity index (χ0) is 9.26. The Balaban J connectivity index is 2.35. The van der Waals surface area contributed by atoms with Crippen LogP contribution in [0.4, 0.5) is 0 Å². The fourth-order valence-electron chi connectivity index (χ4n) is 2.07. The largest absolute Gasteiger partial charge is 0.0804 e. The topological polar surface area (TPSA) is 0 Å². The van der Waals surface area contributed by atoms with E-state index >= 15 is 0 Å². The molecular formula is C13H16. The predicted molar refractivity (Wildman–Crippen MR) is 57.6 cm³/mol. The van der Waals surface area contributed by atoms with Gasteiger partial charge in [0.15, 0.2) is 0 Å². The van der Waals surface area contributed by atoms with Crippen molar-refractivity contribution in [2.45, 2.75) is 26.7 Å². The van der Waals surface area contributed by atoms with Gasteiger partial charge in [-0.05, 0) is 36.8 Å². The summed E-state index contributed by atoms with van der Waals surface area (Å²) in [5.74, 6) is 0.752. The molecule has 0 saturated carbocycles. The Morgan fingerprint density at radius 1 is 1.31 bits per heavy atom. The van der Waals surface area contributed by atoms with Gasteiger partial charge in [0.1, 0.15) is 0 Å². The summed E-state index contributed by atoms with van der Waals surface area (Å²) in [6.45, 7) is 4.48. The van der Waals surface area contributed by atoms with Crippen molar-refractivity contribution < 1.29 is 0 Å². The van der Waals surface area contributed by atoms with Crippen LogP contribution in [0.15, 0.2) is 30.3 Å². The summed E-state index contributed by atoms with van der Waals surface area (Å²) in [5.41, 5.74) is 4.33. The zero-order valence-corrected chi connectivity index (χ0v) is 8.38. The van der Waals surface area contributed by atoms with E-state index in [1.54, 1.807) is 5.57 Å². The molecule has 0 aliphatic heterocycles. The van der Waals surface area contributed by atoms with Gasteiger partial charge >= 0.3 is 0 Å². The van der Waals surface area contributed by atoms with Crippen molar-refractivity contribution in [1.29, 1.82) is 0 Å². The summed E-state index contributed by atoms with van der Waals surface area (Å²) in [7, 11) is 0. The molecule has 0 saturated heterocycles. The fraction of sp³-hybridized carbons (Fsp3) is 0.385. The van der Waals surface area contributed by atoms with Crippen LogP contribution in [0.3, 0.4) is 0 Å². The second-order valence-electron chi connectivity index (χ2n) is 4.01. The third kappa shape index (κ3) is 1.67. The van der Waals surface area contributed by atoms with Gasteiger partial charge in [0.05, 0.1) is 0 Å². The Kier molecular flexibility index (Phi) is 2.22. The van der Waals surface area contributed by atoms with E-state index in [2.05, 4.69) is 44.2 Å². The van der Waals surface area contributed by atoms with Crippen molar-refractivity contribution in [2.24, 2.45) is 5.92 Å². The lowest BCUT2D eigenvalue weighted by Crippen LogP contribution is -1.92. The summed E-state index contributed by atoms with van der Waals surface area (Å²) < 4.78 is 0. The van der Waals surface area contributed by atoms with Gasteiger partial charge in [-0.15, -0.1) is 0 Å². The minimum Gasteiger partial charge on any atom is -0.0804 e. The molecule has 0 heterocycles. The third-order valence-electron chi connectivity index (χ3n) is 2.85. The highest BCUT2D eigenvalue weighted by Crippen LogP contribution is 2.33. The summed E-state index contributed by atoms with van der Waals surface area (Å²) in [4.78, 5) is 0. The fourth-order valence-corrected chi connectivity index (χ4v) is 2.07. The van der Waals surface area contributed by atoms with E-state index < -0.39 is 0 Å². The summed E-state index contributed by atoms with van der Waals surface area (Å²) in [6, 6.07) is 8.81. The monoisotopic (exact) mass is 172 g/mol. The molecule has 68 valence electrons. The van der Waals surface area contributed by atoms with Crippen LogP contribution in [0.5, 0.6) is 0 Å². The lowest BCUT2D eigenvalue weighted by Gasteiger charge is -2.09. The van der Waals surface area contributed by atoms with Gasteiger partial charge < -0.3 is 0 Å². The lowest BCUT2D eigenvalue weighted by atomic mass is 9.96. The van der Waals surface area contributed by atoms with Crippen molar-refractivity contribution in [3.63, 3.8) is 0 Å². The van der Waals surface area contributed by atoms with Gasteiger partial charge in [0.25, 0.3) is 0 Å². The molecule has 0 radical (unpaired) electrons. The maximum absolute atomic E-state index is 2.39. The molecule has 2 rings (SSSR count). The third-order valence-corrected chi connectivity index (χ3v) is 2.85. The van der Waals surface area contributed by atoms with Crippen LogP contribution in [0, 0.1) is 12.8 Å². The first-order valence-corrected chi connectivity index (χ1v) is 5.04. The minimum absolute atomic E-state index is 0.752. The standard InChI is InChI=1S/C13H16/c1-10-5-3-7-12(9-10)13-8-4-6-11(13)2/h3,5,7-9,11H,4,6H2,1-2H3. The van der Waals surface area contributed by atoms with E-state index in [1.165, 1.54) is 24.0 Å². The van der Waals surface area contributed by atoms with Crippen molar-refractivity contribution in [2.75, 3.05) is 0 Å². The van der Waals surface area contributed by atoms with Crippen LogP contribution in [-0.4, -0.2) is 0 Å². The molecule has 13 heavy (non-hydrogen) atoms. The molecule has 0 nitrogen and oxygen atoms in total. The Bertz CT molecular complexity index is 334. The van der Waals surface area contributed by atoms with Crippen molar-refractivity contribution in [1.82, 2.24) is 0 Å². The molecule has 0 amide bonds. The number of benzene rings is 1. The molecular weight excluding hydrogens is 156 g/mol. The van der Waals surface area contributed by atoms with E-state index in [0.29, 0.717) is 0 Å². The normalized spacial score (nSPS) is 21.7. The summed E-state index contributed by atoms with van der Waals surface area (Å²) in [6.07, 6.45) is 4.97. The average Bonchev–Trinajstić information content (AvgIpc) is 2.51. The first kappa shape index (κ1) is 8.55. The number of hydrogen-bond acceptors (Lipinski definition) is 0. The Hall–Kier alpha value is -1.04. The highest BCUT2D eigenvalue weighted by molar-refractivity contribution is 5.69. The zero-order valence-electron chi connectivity index (χ0n) is 8.38. The van der Waals surface area contributed by atoms with Crippen molar-refractivity contribution in [3.05, 3.63) is 41.5 Å². The van der Waals surface area contributed by atoms with Gasteiger partial charge in [-0.1, -0.05) is 42.8 Å². The van der Waals surface area contributed by atoms with Gasteiger partial charge in [-0.3, -0.25) is 0 Å². The van der Waals surface area contributed by atoms with Crippen molar-refractivity contribution >= 4 is 5.57 Å². The van der Waals surface area contributed by atoms with Crippen LogP contribution in [0.25, 0.3) is 5.57 Å². The Morgan fingerprint density at radius 3 is 2.77 bits per heavy atom. The second kappa shape index (κ2) is 3.37. The van der Waals surface area contributed by atoms with E-state index in [0.717, 1.165) is 5.92 Å². The Labute approximate surface area is 80.3 Å². The van der Waals surface area contributed by atoms with Gasteiger partial charge in [0, 0.05) is 0 Å². The van der Waals surface area contributed by atoms with E-state index in [4.69, 9.17) is 0 Å². The minimum atomic E-state index is 0.752. The molecule has 0 spiro atoms. The smallest absolute Gasteiger partial charge is 0.0185 e. The lowest BCUT2D eigenvalue weighted by molar-refractivity contribution is 0.715. The van der Waals surface area contributed by atoms with Crippen LogP contribution in [0.2, 0.25) is 0 Å². The highest BCUT2D eigenvalue weighted by Gasteiger charge is 2.15. The molecule has 0 bridgehead atoms. The average molecular weight is 172 g/mol. The van der Waals surface area contributed by atoms with Crippen LogP contribution >= 0.6 is 0 Å². The molecule has 1 aliphatic carbocycles. The van der Waals surface area contributed by atoms with E-state index in [1.807, 2.05) is 0 Å². The molecule has 0 heteroatoms. The molecule has 1 aliphatic rings. The molecule has 1 atom stereocenters. The Morgan fingerprint density at radius 2 is 2.15 bits per heavy atom. The predicted octanol–water partition coefficient (Wildman–Crippen LogP) is 3.81. The first-order valence-electron chi connectivity index (χ1n) is 5.04. The molecule has 1 unspecified atom stereocenters. The number of rotatable bonds is 1. The maximum Gasteiger partial charge on any atom is -0.0185 e. The maximum atomic E-state index is 2.39. The van der Waals surface area contributed by atoms with Gasteiger partial charge in [-0.25, -0.2) is 0 Å². The first-order chi connectivity index (χ1) is 6.27. The molecule has 0 N–H and O–H groups in total. The molecule has 0 aromatic heterocycles. The number of hydrogen-bond donors (Lipinski definition) is 0. The van der Waals surface area contributed by atoms with E-state index in [9.17, 15) is 0 Å².